The van der Waals surface area contributed by atoms with Gasteiger partial charge in [-0.15, -0.1) is 0 Å². The fourth-order valence-electron chi connectivity index (χ4n) is 5.05. The molecule has 0 amide bonds. The highest BCUT2D eigenvalue weighted by Crippen LogP contribution is 2.38. The van der Waals surface area contributed by atoms with Crippen molar-refractivity contribution in [2.24, 2.45) is 0 Å². The molecule has 3 heterocycles. The van der Waals surface area contributed by atoms with Crippen LogP contribution in [0, 0.1) is 0 Å². The summed E-state index contributed by atoms with van der Waals surface area (Å²) in [5, 5.41) is 6.50. The van der Waals surface area contributed by atoms with Crippen molar-refractivity contribution in [2.75, 3.05) is 4.90 Å². The van der Waals surface area contributed by atoms with Gasteiger partial charge in [0, 0.05) is 23.8 Å². The summed E-state index contributed by atoms with van der Waals surface area (Å²) in [6, 6.07) is 30.8. The summed E-state index contributed by atoms with van der Waals surface area (Å²) in [7, 11) is 0. The van der Waals surface area contributed by atoms with Crippen LogP contribution in [0.5, 0.6) is 0 Å². The molecule has 0 atom stereocenters. The van der Waals surface area contributed by atoms with Gasteiger partial charge in [-0.05, 0) is 45.8 Å². The van der Waals surface area contributed by atoms with Crippen molar-refractivity contribution in [3.8, 4) is 0 Å². The van der Waals surface area contributed by atoms with Gasteiger partial charge in [0.15, 0.2) is 0 Å². The SMILES string of the molecule is C1=Cc2c(ccc3ccccc23)N2C[n+]3c(ccc4c5ccccc5ccc43)C=C12.[Cl-]. The maximum absolute atomic E-state index is 2.43. The molecule has 0 spiro atoms. The number of halogens is 1. The Balaban J connectivity index is 0.00000185. The first-order valence-corrected chi connectivity index (χ1v) is 10.4. The number of hydrogen-bond acceptors (Lipinski definition) is 1. The molecule has 0 aliphatic carbocycles. The topological polar surface area (TPSA) is 7.12 Å². The van der Waals surface area contributed by atoms with Crippen LogP contribution >= 0.6 is 0 Å². The Labute approximate surface area is 186 Å². The fraction of sp³-hybridized carbons (Fsp3) is 0.0357. The van der Waals surface area contributed by atoms with Crippen LogP contribution in [0.15, 0.2) is 96.7 Å². The molecule has 0 unspecified atom stereocenters. The monoisotopic (exact) mass is 418 g/mol. The van der Waals surface area contributed by atoms with Crippen molar-refractivity contribution in [3.05, 3.63) is 108 Å². The third-order valence-electron chi connectivity index (χ3n) is 6.52. The van der Waals surface area contributed by atoms with Crippen molar-refractivity contribution < 1.29 is 17.0 Å². The van der Waals surface area contributed by atoms with Crippen molar-refractivity contribution >= 4 is 50.3 Å². The standard InChI is InChI=1S/C28H19N2.ClH/c1-3-7-23-19(5-1)9-15-27-25(23)13-11-21-17-22-12-14-26-24-8-4-2-6-20(24)10-16-28(26)30(22)18-29(21)27;/h1-17H,18H2;1H/q+1;/p-1. The number of allylic oxidation sites excluding steroid dienone is 1. The largest absolute Gasteiger partial charge is 1.00 e. The summed E-state index contributed by atoms with van der Waals surface area (Å²) in [5.74, 6) is 0. The number of anilines is 1. The Morgan fingerprint density at radius 1 is 0.645 bits per heavy atom. The van der Waals surface area contributed by atoms with Gasteiger partial charge in [0.05, 0.1) is 16.8 Å². The maximum Gasteiger partial charge on any atom is 0.229 e. The third kappa shape index (κ3) is 2.55. The molecule has 2 aliphatic heterocycles. The Morgan fingerprint density at radius 2 is 1.39 bits per heavy atom. The van der Waals surface area contributed by atoms with E-state index in [1.165, 1.54) is 55.1 Å². The molecule has 3 heteroatoms. The molecule has 0 saturated heterocycles. The molecule has 2 nitrogen and oxygen atoms in total. The molecule has 0 bridgehead atoms. The first-order chi connectivity index (χ1) is 14.9. The lowest BCUT2D eigenvalue weighted by molar-refractivity contribution is -0.672. The molecule has 7 rings (SSSR count). The Bertz CT molecular complexity index is 1580. The summed E-state index contributed by atoms with van der Waals surface area (Å²) in [6.45, 7) is 0.812. The van der Waals surface area contributed by atoms with Gasteiger partial charge in [-0.1, -0.05) is 60.7 Å². The predicted octanol–water partition coefficient (Wildman–Crippen LogP) is 3.28. The molecule has 4 aromatic carbocycles. The van der Waals surface area contributed by atoms with Gasteiger partial charge in [-0.25, -0.2) is 0 Å². The van der Waals surface area contributed by atoms with Gasteiger partial charge in [0.1, 0.15) is 0 Å². The molecule has 1 aromatic heterocycles. The van der Waals surface area contributed by atoms with E-state index in [1.807, 2.05) is 0 Å². The van der Waals surface area contributed by atoms with Crippen LogP contribution in [0.1, 0.15) is 11.3 Å². The molecule has 0 N–H and O–H groups in total. The van der Waals surface area contributed by atoms with E-state index in [-0.39, 0.29) is 12.4 Å². The van der Waals surface area contributed by atoms with Crippen molar-refractivity contribution in [1.29, 1.82) is 0 Å². The predicted molar refractivity (Wildman–Crippen MR) is 125 cm³/mol. The molecule has 31 heavy (non-hydrogen) atoms. The number of rotatable bonds is 0. The fourth-order valence-corrected chi connectivity index (χ4v) is 5.05. The third-order valence-corrected chi connectivity index (χ3v) is 6.52. The number of pyridine rings is 1. The molecular weight excluding hydrogens is 400 g/mol. The zero-order valence-corrected chi connectivity index (χ0v) is 17.6. The van der Waals surface area contributed by atoms with Crippen molar-refractivity contribution in [2.45, 2.75) is 6.67 Å². The second-order valence-electron chi connectivity index (χ2n) is 8.10. The average molecular weight is 419 g/mol. The molecule has 0 fully saturated rings. The van der Waals surface area contributed by atoms with E-state index < -0.39 is 0 Å². The maximum atomic E-state index is 2.43. The smallest absolute Gasteiger partial charge is 0.229 e. The van der Waals surface area contributed by atoms with Gasteiger partial charge >= 0.3 is 0 Å². The molecule has 148 valence electrons. The van der Waals surface area contributed by atoms with Crippen LogP contribution in [-0.2, 0) is 6.67 Å². The van der Waals surface area contributed by atoms with E-state index in [1.54, 1.807) is 0 Å². The Kier molecular flexibility index (Phi) is 3.92. The van der Waals surface area contributed by atoms with Gasteiger partial charge in [0.2, 0.25) is 17.9 Å². The summed E-state index contributed by atoms with van der Waals surface area (Å²) < 4.78 is 2.43. The minimum atomic E-state index is 0. The molecule has 5 aromatic rings. The minimum absolute atomic E-state index is 0. The molecule has 2 aliphatic rings. The minimum Gasteiger partial charge on any atom is -1.00 e. The highest BCUT2D eigenvalue weighted by Gasteiger charge is 2.29. The van der Waals surface area contributed by atoms with Crippen LogP contribution in [0.25, 0.3) is 44.6 Å². The number of nitrogens with zero attached hydrogens (tertiary/aromatic N) is 2. The molecule has 0 saturated carbocycles. The summed E-state index contributed by atoms with van der Waals surface area (Å²) >= 11 is 0. The quantitative estimate of drug-likeness (QED) is 0.276. The van der Waals surface area contributed by atoms with Crippen molar-refractivity contribution in [1.82, 2.24) is 0 Å². The van der Waals surface area contributed by atoms with Gasteiger partial charge < -0.3 is 12.4 Å². The van der Waals surface area contributed by atoms with Crippen LogP contribution < -0.4 is 21.9 Å². The summed E-state index contributed by atoms with van der Waals surface area (Å²) in [6.07, 6.45) is 6.82. The lowest BCUT2D eigenvalue weighted by Crippen LogP contribution is -3.00. The van der Waals surface area contributed by atoms with E-state index in [0.717, 1.165) is 6.67 Å². The van der Waals surface area contributed by atoms with E-state index >= 15 is 0 Å². The lowest BCUT2D eigenvalue weighted by atomic mass is 9.97. The second kappa shape index (κ2) is 6.69. The zero-order chi connectivity index (χ0) is 19.7. The summed E-state index contributed by atoms with van der Waals surface area (Å²) in [5.41, 5.74) is 6.35. The van der Waals surface area contributed by atoms with Crippen LogP contribution in [0.3, 0.4) is 0 Å². The van der Waals surface area contributed by atoms with Gasteiger partial charge in [0.25, 0.3) is 0 Å². The average Bonchev–Trinajstić information content (AvgIpc) is 2.82. The normalized spacial score (nSPS) is 14.1. The van der Waals surface area contributed by atoms with Gasteiger partial charge in [-0.3, -0.25) is 4.90 Å². The highest BCUT2D eigenvalue weighted by molar-refractivity contribution is 6.05. The van der Waals surface area contributed by atoms with E-state index in [2.05, 4.69) is 113 Å². The van der Waals surface area contributed by atoms with Crippen LogP contribution in [0.2, 0.25) is 0 Å². The summed E-state index contributed by atoms with van der Waals surface area (Å²) in [4.78, 5) is 2.43. The number of fused-ring (bicyclic) bond motifs is 10. The Morgan fingerprint density at radius 3 is 2.26 bits per heavy atom. The highest BCUT2D eigenvalue weighted by atomic mass is 35.5. The van der Waals surface area contributed by atoms with E-state index in [0.29, 0.717) is 0 Å². The Hall–Kier alpha value is -3.62. The van der Waals surface area contributed by atoms with Crippen LogP contribution in [-0.4, -0.2) is 0 Å². The van der Waals surface area contributed by atoms with Crippen molar-refractivity contribution in [3.63, 3.8) is 0 Å². The first kappa shape index (κ1) is 18.2. The van der Waals surface area contributed by atoms with E-state index in [9.17, 15) is 0 Å². The number of aromatic nitrogens is 1. The van der Waals surface area contributed by atoms with Gasteiger partial charge in [-0.2, -0.15) is 4.57 Å². The molecular formula is C28H19ClN2. The lowest BCUT2D eigenvalue weighted by Gasteiger charge is -2.31. The zero-order valence-electron chi connectivity index (χ0n) is 16.8. The number of hydrogen-bond donors (Lipinski definition) is 0. The van der Waals surface area contributed by atoms with Crippen LogP contribution in [0.4, 0.5) is 5.69 Å². The number of benzene rings is 4. The first-order valence-electron chi connectivity index (χ1n) is 10.4. The van der Waals surface area contributed by atoms with E-state index in [4.69, 9.17) is 0 Å². The second-order valence-corrected chi connectivity index (χ2v) is 8.10. The molecule has 0 radical (unpaired) electrons.